The Labute approximate surface area is 214 Å². The van der Waals surface area contributed by atoms with Gasteiger partial charge in [-0.2, -0.15) is 0 Å². The maximum absolute atomic E-state index is 12.9. The second-order valence-electron chi connectivity index (χ2n) is 9.02. The first-order chi connectivity index (χ1) is 17.2. The van der Waals surface area contributed by atoms with Crippen molar-refractivity contribution in [2.75, 3.05) is 6.61 Å². The van der Waals surface area contributed by atoms with Gasteiger partial charge in [0.2, 0.25) is 11.7 Å². The molecule has 1 amide bonds. The zero-order valence-electron chi connectivity index (χ0n) is 20.3. The van der Waals surface area contributed by atoms with Crippen LogP contribution in [0.3, 0.4) is 0 Å². The maximum Gasteiger partial charge on any atom is 0.303 e. The Kier molecular flexibility index (Phi) is 7.78. The highest BCUT2D eigenvalue weighted by atomic mass is 35.5. The average molecular weight is 513 g/mol. The van der Waals surface area contributed by atoms with Crippen LogP contribution in [0.15, 0.2) is 47.2 Å². The summed E-state index contributed by atoms with van der Waals surface area (Å²) in [5, 5.41) is 9.95. The molecule has 4 rings (SSSR count). The minimum atomic E-state index is -1.24. The van der Waals surface area contributed by atoms with Crippen molar-refractivity contribution in [3.05, 3.63) is 87.1 Å². The van der Waals surface area contributed by atoms with E-state index in [9.17, 15) is 14.7 Å². The predicted molar refractivity (Wildman–Crippen MR) is 133 cm³/mol. The molecule has 0 saturated carbocycles. The van der Waals surface area contributed by atoms with E-state index in [2.05, 4.69) is 4.98 Å². The number of rotatable bonds is 9. The van der Waals surface area contributed by atoms with E-state index >= 15 is 0 Å². The Hall–Kier alpha value is -3.20. The first-order valence-electron chi connectivity index (χ1n) is 11.8. The van der Waals surface area contributed by atoms with Gasteiger partial charge < -0.3 is 24.7 Å². The number of carbonyl (C=O) groups is 2. The highest BCUT2D eigenvalue weighted by molar-refractivity contribution is 6.30. The second kappa shape index (κ2) is 10.8. The topological polar surface area (TPSA) is 125 Å². The summed E-state index contributed by atoms with van der Waals surface area (Å²) in [6.45, 7) is 3.95. The van der Waals surface area contributed by atoms with Gasteiger partial charge in [0.25, 0.3) is 5.89 Å². The van der Waals surface area contributed by atoms with Crippen LogP contribution in [-0.2, 0) is 39.3 Å². The summed E-state index contributed by atoms with van der Waals surface area (Å²) in [5.74, 6) is -2.42. The van der Waals surface area contributed by atoms with E-state index < -0.39 is 23.8 Å². The summed E-state index contributed by atoms with van der Waals surface area (Å²) in [5.41, 5.74) is 10.5. The number of hydrogen-bond acceptors (Lipinski definition) is 6. The zero-order chi connectivity index (χ0) is 25.9. The molecule has 0 spiro atoms. The van der Waals surface area contributed by atoms with E-state index in [-0.39, 0.29) is 12.3 Å². The molecule has 1 aromatic heterocycles. The molecule has 36 heavy (non-hydrogen) atoms. The minimum absolute atomic E-state index is 0.0323. The van der Waals surface area contributed by atoms with Crippen molar-refractivity contribution in [1.82, 2.24) is 4.98 Å². The first-order valence-corrected chi connectivity index (χ1v) is 12.2. The van der Waals surface area contributed by atoms with E-state index in [1.807, 2.05) is 37.3 Å². The van der Waals surface area contributed by atoms with Crippen LogP contribution < -0.4 is 5.73 Å². The number of oxazole rings is 1. The molecule has 1 saturated heterocycles. The van der Waals surface area contributed by atoms with Crippen molar-refractivity contribution in [3.8, 4) is 0 Å². The van der Waals surface area contributed by atoms with E-state index in [0.29, 0.717) is 48.4 Å². The molecule has 3 aromatic rings. The lowest BCUT2D eigenvalue weighted by molar-refractivity contribution is -0.305. The summed E-state index contributed by atoms with van der Waals surface area (Å²) in [4.78, 5) is 28.4. The van der Waals surface area contributed by atoms with E-state index in [4.69, 9.17) is 31.2 Å². The van der Waals surface area contributed by atoms with Crippen molar-refractivity contribution < 1.29 is 28.6 Å². The largest absolute Gasteiger partial charge is 0.481 e. The van der Waals surface area contributed by atoms with E-state index in [0.717, 1.165) is 22.3 Å². The van der Waals surface area contributed by atoms with Crippen LogP contribution in [0.1, 0.15) is 69.9 Å². The Balaban J connectivity index is 1.77. The molecule has 1 fully saturated rings. The monoisotopic (exact) mass is 512 g/mol. The average Bonchev–Trinajstić information content (AvgIpc) is 3.39. The molecule has 0 bridgehead atoms. The number of carboxylic acid groups (broad SMARTS) is 1. The molecular formula is C27H29ClN2O6. The number of amides is 1. The lowest BCUT2D eigenvalue weighted by Gasteiger charge is -2.38. The lowest BCUT2D eigenvalue weighted by atomic mass is 9.84. The molecular weight excluding hydrogens is 484 g/mol. The fraction of sp³-hybridized carbons (Fsp3) is 0.370. The molecule has 1 aliphatic heterocycles. The fourth-order valence-electron chi connectivity index (χ4n) is 4.73. The van der Waals surface area contributed by atoms with Gasteiger partial charge in [0.05, 0.1) is 18.9 Å². The van der Waals surface area contributed by atoms with Crippen molar-refractivity contribution in [2.45, 2.75) is 57.8 Å². The molecule has 2 heterocycles. The lowest BCUT2D eigenvalue weighted by Crippen LogP contribution is -2.38. The molecule has 0 radical (unpaired) electrons. The van der Waals surface area contributed by atoms with Crippen LogP contribution in [0, 0.1) is 6.92 Å². The standard InChI is InChI=1S/C27H29ClN2O6/c1-16-18(7-10-22(31)32)15-19(6-3-17-4-8-20(28)9-5-17)24(25(29)33)23(16)21-11-13-35-27(2,36-21)26-30-12-14-34-26/h4-5,8-9,12,14-15,21H,3,6-7,10-11,13H2,1-2H3,(H2,29,33)(H,31,32). The van der Waals surface area contributed by atoms with Crippen molar-refractivity contribution in [1.29, 1.82) is 0 Å². The van der Waals surface area contributed by atoms with Crippen LogP contribution in [0.5, 0.6) is 0 Å². The maximum atomic E-state index is 12.9. The van der Waals surface area contributed by atoms with E-state index in [1.54, 1.807) is 6.92 Å². The number of benzene rings is 2. The number of aryl methyl sites for hydroxylation is 3. The summed E-state index contributed by atoms with van der Waals surface area (Å²) in [7, 11) is 0. The number of carbonyl (C=O) groups excluding carboxylic acids is 1. The summed E-state index contributed by atoms with van der Waals surface area (Å²) in [6.07, 6.45) is 4.38. The Morgan fingerprint density at radius 2 is 1.94 bits per heavy atom. The highest BCUT2D eigenvalue weighted by Gasteiger charge is 2.42. The number of aromatic nitrogens is 1. The second-order valence-corrected chi connectivity index (χ2v) is 9.46. The molecule has 2 aromatic carbocycles. The minimum Gasteiger partial charge on any atom is -0.481 e. The van der Waals surface area contributed by atoms with Crippen molar-refractivity contribution in [3.63, 3.8) is 0 Å². The normalized spacial score (nSPS) is 19.8. The summed E-state index contributed by atoms with van der Waals surface area (Å²) >= 11 is 6.02. The number of nitrogens with two attached hydrogens (primary N) is 1. The molecule has 8 nitrogen and oxygen atoms in total. The van der Waals surface area contributed by atoms with Crippen LogP contribution in [0.4, 0.5) is 0 Å². The number of ether oxygens (including phenoxy) is 2. The van der Waals surface area contributed by atoms with Gasteiger partial charge in [-0.05, 0) is 73.1 Å². The fourth-order valence-corrected chi connectivity index (χ4v) is 4.86. The summed E-state index contributed by atoms with van der Waals surface area (Å²) in [6, 6.07) is 9.44. The van der Waals surface area contributed by atoms with Crippen LogP contribution in [0.2, 0.25) is 5.02 Å². The van der Waals surface area contributed by atoms with Gasteiger partial charge in [0.15, 0.2) is 0 Å². The van der Waals surface area contributed by atoms with Gasteiger partial charge in [-0.25, -0.2) is 4.98 Å². The van der Waals surface area contributed by atoms with Crippen LogP contribution in [0.25, 0.3) is 0 Å². The molecule has 1 aliphatic rings. The van der Waals surface area contributed by atoms with Crippen LogP contribution >= 0.6 is 11.6 Å². The smallest absolute Gasteiger partial charge is 0.303 e. The molecule has 9 heteroatoms. The Morgan fingerprint density at radius 1 is 1.19 bits per heavy atom. The predicted octanol–water partition coefficient (Wildman–Crippen LogP) is 4.89. The molecule has 3 N–H and O–H groups in total. The van der Waals surface area contributed by atoms with Crippen molar-refractivity contribution >= 4 is 23.5 Å². The third-order valence-corrected chi connectivity index (χ3v) is 6.79. The van der Waals surface area contributed by atoms with Gasteiger partial charge >= 0.3 is 5.97 Å². The zero-order valence-corrected chi connectivity index (χ0v) is 21.0. The highest BCUT2D eigenvalue weighted by Crippen LogP contribution is 2.42. The molecule has 190 valence electrons. The third-order valence-electron chi connectivity index (χ3n) is 6.54. The quantitative estimate of drug-likeness (QED) is 0.418. The molecule has 2 unspecified atom stereocenters. The van der Waals surface area contributed by atoms with E-state index in [1.165, 1.54) is 12.5 Å². The SMILES string of the molecule is Cc1c(CCC(=O)O)cc(CCc2ccc(Cl)cc2)c(C(N)=O)c1C1CCOC(C)(c2ncco2)O1. The number of halogens is 1. The Morgan fingerprint density at radius 3 is 2.58 bits per heavy atom. The van der Waals surface area contributed by atoms with Gasteiger partial charge in [0.1, 0.15) is 6.26 Å². The van der Waals surface area contributed by atoms with Crippen molar-refractivity contribution in [2.24, 2.45) is 5.73 Å². The molecule has 2 atom stereocenters. The molecule has 0 aliphatic carbocycles. The summed E-state index contributed by atoms with van der Waals surface area (Å²) < 4.78 is 17.7. The first kappa shape index (κ1) is 25.9. The number of hydrogen-bond donors (Lipinski definition) is 2. The van der Waals surface area contributed by atoms with Gasteiger partial charge in [0, 0.05) is 23.4 Å². The number of carboxylic acids is 1. The number of aliphatic carboxylic acids is 1. The van der Waals surface area contributed by atoms with Crippen LogP contribution in [-0.4, -0.2) is 28.6 Å². The van der Waals surface area contributed by atoms with Gasteiger partial charge in [-0.3, -0.25) is 9.59 Å². The number of primary amides is 1. The van der Waals surface area contributed by atoms with Gasteiger partial charge in [-0.1, -0.05) is 29.8 Å². The number of nitrogens with zero attached hydrogens (tertiary/aromatic N) is 1. The van der Waals surface area contributed by atoms with Gasteiger partial charge in [-0.15, -0.1) is 0 Å². The Bertz CT molecular complexity index is 1240. The third kappa shape index (κ3) is 5.61.